The molecular weight excluding hydrogens is 220 g/mol. The maximum Gasteiger partial charge on any atom is 0.310 e. The highest BCUT2D eigenvalue weighted by molar-refractivity contribution is 5.75. The van der Waals surface area contributed by atoms with E-state index in [1.807, 2.05) is 0 Å². The van der Waals surface area contributed by atoms with Crippen molar-refractivity contribution in [3.05, 3.63) is 0 Å². The predicted octanol–water partition coefficient (Wildman–Crippen LogP) is 1.58. The molecule has 0 aromatic carbocycles. The van der Waals surface area contributed by atoms with E-state index in [1.165, 1.54) is 0 Å². The topological polar surface area (TPSA) is 62.4 Å². The molecule has 2 aliphatic carbocycles. The lowest BCUT2D eigenvalue weighted by atomic mass is 9.62. The van der Waals surface area contributed by atoms with Crippen molar-refractivity contribution in [2.75, 3.05) is 0 Å². The minimum absolute atomic E-state index is 0.234. The highest BCUT2D eigenvalue weighted by atomic mass is 16.6. The van der Waals surface area contributed by atoms with Crippen molar-refractivity contribution >= 4 is 5.97 Å². The van der Waals surface area contributed by atoms with Gasteiger partial charge in [0.05, 0.1) is 29.8 Å². The van der Waals surface area contributed by atoms with Crippen LogP contribution >= 0.6 is 0 Å². The summed E-state index contributed by atoms with van der Waals surface area (Å²) in [4.78, 5) is 11.8. The van der Waals surface area contributed by atoms with Crippen LogP contribution < -0.4 is 0 Å². The first-order chi connectivity index (χ1) is 8.19. The summed E-state index contributed by atoms with van der Waals surface area (Å²) in [5.41, 5.74) is -0.519. The molecule has 0 bridgehead atoms. The summed E-state index contributed by atoms with van der Waals surface area (Å²) in [6, 6.07) is 0. The maximum absolute atomic E-state index is 11.8. The summed E-state index contributed by atoms with van der Waals surface area (Å²) in [6.07, 6.45) is 6.91. The molecule has 4 rings (SSSR count). The second kappa shape index (κ2) is 3.23. The molecular formula is C13H18O4. The molecule has 1 N–H and O–H groups in total. The molecule has 0 aromatic heterocycles. The second-order valence-corrected chi connectivity index (χ2v) is 6.14. The SMILES string of the molecule is O=C(O)C1(C2CCC3OC3C2)CCC2OC2C1. The molecule has 4 heteroatoms. The molecule has 0 aromatic rings. The van der Waals surface area contributed by atoms with E-state index >= 15 is 0 Å². The van der Waals surface area contributed by atoms with Gasteiger partial charge in [0.15, 0.2) is 0 Å². The Balaban J connectivity index is 1.58. The van der Waals surface area contributed by atoms with Crippen LogP contribution in [0.25, 0.3) is 0 Å². The van der Waals surface area contributed by atoms with Gasteiger partial charge < -0.3 is 14.6 Å². The summed E-state index contributed by atoms with van der Waals surface area (Å²) >= 11 is 0. The van der Waals surface area contributed by atoms with Crippen LogP contribution in [-0.4, -0.2) is 35.5 Å². The van der Waals surface area contributed by atoms with Crippen molar-refractivity contribution in [2.24, 2.45) is 11.3 Å². The predicted molar refractivity (Wildman–Crippen MR) is 58.6 cm³/mol. The van der Waals surface area contributed by atoms with Gasteiger partial charge in [-0.2, -0.15) is 0 Å². The number of carboxylic acids is 1. The molecule has 4 aliphatic rings. The molecule has 94 valence electrons. The van der Waals surface area contributed by atoms with Gasteiger partial charge in [0, 0.05) is 0 Å². The number of carbonyl (C=O) groups is 1. The molecule has 0 amide bonds. The number of rotatable bonds is 2. The van der Waals surface area contributed by atoms with Gasteiger partial charge in [0.1, 0.15) is 0 Å². The Hall–Kier alpha value is -0.610. The average molecular weight is 238 g/mol. The van der Waals surface area contributed by atoms with E-state index in [0.717, 1.165) is 38.5 Å². The molecule has 0 radical (unpaired) electrons. The summed E-state index contributed by atoms with van der Waals surface area (Å²) in [6.45, 7) is 0. The second-order valence-electron chi connectivity index (χ2n) is 6.14. The minimum Gasteiger partial charge on any atom is -0.481 e. The Labute approximate surface area is 100 Å². The van der Waals surface area contributed by atoms with Crippen LogP contribution in [0.2, 0.25) is 0 Å². The van der Waals surface area contributed by atoms with Gasteiger partial charge in [-0.1, -0.05) is 0 Å². The van der Waals surface area contributed by atoms with Gasteiger partial charge >= 0.3 is 5.97 Å². The van der Waals surface area contributed by atoms with Crippen LogP contribution in [0.4, 0.5) is 0 Å². The number of hydrogen-bond acceptors (Lipinski definition) is 3. The van der Waals surface area contributed by atoms with Crippen LogP contribution in [0.1, 0.15) is 38.5 Å². The first kappa shape index (κ1) is 10.3. The normalized spacial score (nSPS) is 55.6. The van der Waals surface area contributed by atoms with Gasteiger partial charge in [0.2, 0.25) is 0 Å². The Morgan fingerprint density at radius 2 is 1.82 bits per heavy atom. The van der Waals surface area contributed by atoms with Crippen LogP contribution in [0.3, 0.4) is 0 Å². The minimum atomic E-state index is -0.601. The average Bonchev–Trinajstić information content (AvgIpc) is 3.21. The molecule has 6 atom stereocenters. The third-order valence-electron chi connectivity index (χ3n) is 5.34. The Morgan fingerprint density at radius 1 is 1.06 bits per heavy atom. The third-order valence-corrected chi connectivity index (χ3v) is 5.34. The number of epoxide rings is 2. The van der Waals surface area contributed by atoms with E-state index in [-0.39, 0.29) is 6.10 Å². The van der Waals surface area contributed by atoms with Gasteiger partial charge in [-0.3, -0.25) is 4.79 Å². The smallest absolute Gasteiger partial charge is 0.310 e. The Kier molecular flexibility index (Phi) is 1.96. The van der Waals surface area contributed by atoms with Crippen molar-refractivity contribution in [1.29, 1.82) is 0 Å². The Morgan fingerprint density at radius 3 is 2.53 bits per heavy atom. The highest BCUT2D eigenvalue weighted by Gasteiger charge is 2.59. The molecule has 2 saturated carbocycles. The number of aliphatic carboxylic acids is 1. The monoisotopic (exact) mass is 238 g/mol. The van der Waals surface area contributed by atoms with Crippen molar-refractivity contribution in [3.63, 3.8) is 0 Å². The van der Waals surface area contributed by atoms with E-state index in [1.54, 1.807) is 0 Å². The lowest BCUT2D eigenvalue weighted by molar-refractivity contribution is -0.155. The zero-order chi connectivity index (χ0) is 11.6. The summed E-state index contributed by atoms with van der Waals surface area (Å²) < 4.78 is 11.1. The van der Waals surface area contributed by atoms with Crippen LogP contribution in [0.15, 0.2) is 0 Å². The summed E-state index contributed by atoms with van der Waals surface area (Å²) in [7, 11) is 0. The lowest BCUT2D eigenvalue weighted by Crippen LogP contribution is -2.44. The van der Waals surface area contributed by atoms with Crippen LogP contribution in [0.5, 0.6) is 0 Å². The van der Waals surface area contributed by atoms with Gasteiger partial charge in [0.25, 0.3) is 0 Å². The van der Waals surface area contributed by atoms with Crippen molar-refractivity contribution < 1.29 is 19.4 Å². The summed E-state index contributed by atoms with van der Waals surface area (Å²) in [5.74, 6) is -0.301. The fraction of sp³-hybridized carbons (Fsp3) is 0.923. The zero-order valence-corrected chi connectivity index (χ0v) is 9.80. The van der Waals surface area contributed by atoms with Crippen molar-refractivity contribution in [3.8, 4) is 0 Å². The largest absolute Gasteiger partial charge is 0.481 e. The molecule has 4 nitrogen and oxygen atoms in total. The maximum atomic E-state index is 11.8. The first-order valence-electron chi connectivity index (χ1n) is 6.73. The quantitative estimate of drug-likeness (QED) is 0.742. The molecule has 17 heavy (non-hydrogen) atoms. The van der Waals surface area contributed by atoms with E-state index in [4.69, 9.17) is 9.47 Å². The van der Waals surface area contributed by atoms with Crippen molar-refractivity contribution in [2.45, 2.75) is 62.9 Å². The van der Waals surface area contributed by atoms with Gasteiger partial charge in [-0.05, 0) is 44.4 Å². The molecule has 6 unspecified atom stereocenters. The third kappa shape index (κ3) is 1.47. The number of hydrogen-bond donors (Lipinski definition) is 1. The van der Waals surface area contributed by atoms with Crippen molar-refractivity contribution in [1.82, 2.24) is 0 Å². The fourth-order valence-corrected chi connectivity index (χ4v) is 4.12. The highest BCUT2D eigenvalue weighted by Crippen LogP contribution is 2.55. The van der Waals surface area contributed by atoms with E-state index in [2.05, 4.69) is 0 Å². The molecule has 4 fully saturated rings. The van der Waals surface area contributed by atoms with E-state index in [0.29, 0.717) is 24.2 Å². The van der Waals surface area contributed by atoms with Crippen LogP contribution in [0, 0.1) is 11.3 Å². The van der Waals surface area contributed by atoms with E-state index < -0.39 is 11.4 Å². The number of ether oxygens (including phenoxy) is 2. The fourth-order valence-electron chi connectivity index (χ4n) is 4.12. The van der Waals surface area contributed by atoms with E-state index in [9.17, 15) is 9.90 Å². The Bertz CT molecular complexity index is 368. The van der Waals surface area contributed by atoms with Crippen LogP contribution in [-0.2, 0) is 14.3 Å². The first-order valence-corrected chi connectivity index (χ1v) is 6.73. The molecule has 2 saturated heterocycles. The van der Waals surface area contributed by atoms with Gasteiger partial charge in [-0.15, -0.1) is 0 Å². The lowest BCUT2D eigenvalue weighted by Gasteiger charge is -2.39. The molecule has 0 spiro atoms. The molecule has 2 heterocycles. The number of fused-ring (bicyclic) bond motifs is 2. The molecule has 2 aliphatic heterocycles. The number of carboxylic acid groups (broad SMARTS) is 1. The van der Waals surface area contributed by atoms with Gasteiger partial charge in [-0.25, -0.2) is 0 Å². The summed E-state index contributed by atoms with van der Waals surface area (Å²) in [5, 5.41) is 9.68. The standard InChI is InChI=1S/C13H18O4/c14-12(15)13(4-3-9-11(6-13)17-9)7-1-2-8-10(5-7)16-8/h7-11H,1-6H2,(H,14,15). The zero-order valence-electron chi connectivity index (χ0n) is 9.80.